The quantitative estimate of drug-likeness (QED) is 0.182. The molecule has 3 aliphatic rings. The Morgan fingerprint density at radius 1 is 0.579 bits per heavy atom. The van der Waals surface area contributed by atoms with Crippen LogP contribution >= 0.6 is 15.9 Å². The highest BCUT2D eigenvalue weighted by molar-refractivity contribution is 9.10. The molecule has 1 atom stereocenters. The van der Waals surface area contributed by atoms with Gasteiger partial charge in [0.1, 0.15) is 11.5 Å². The monoisotopic (exact) mass is 552 g/mol. The Hall–Kier alpha value is -3.88. The first-order valence-corrected chi connectivity index (χ1v) is 13.9. The third kappa shape index (κ3) is 2.66. The van der Waals surface area contributed by atoms with E-state index in [-0.39, 0.29) is 5.41 Å². The maximum Gasteiger partial charge on any atom is 0.136 e. The molecule has 2 heteroatoms. The van der Waals surface area contributed by atoms with Crippen molar-refractivity contribution in [3.63, 3.8) is 0 Å². The summed E-state index contributed by atoms with van der Waals surface area (Å²) in [6.45, 7) is 4.67. The zero-order chi connectivity index (χ0) is 25.6. The summed E-state index contributed by atoms with van der Waals surface area (Å²) in [5.41, 5.74) is 11.9. The summed E-state index contributed by atoms with van der Waals surface area (Å²) in [4.78, 5) is 0. The zero-order valence-electron chi connectivity index (χ0n) is 21.3. The fourth-order valence-corrected chi connectivity index (χ4v) is 7.63. The third-order valence-electron chi connectivity index (χ3n) is 8.81. The first kappa shape index (κ1) is 22.1. The molecule has 1 heterocycles. The van der Waals surface area contributed by atoms with E-state index in [2.05, 4.69) is 145 Å². The van der Waals surface area contributed by atoms with E-state index in [1.807, 2.05) is 0 Å². The molecule has 0 saturated carbocycles. The van der Waals surface area contributed by atoms with Gasteiger partial charge in [0.25, 0.3) is 0 Å². The van der Waals surface area contributed by atoms with Gasteiger partial charge in [0.05, 0.1) is 5.41 Å². The number of benzene rings is 5. The minimum absolute atomic E-state index is 0.185. The molecule has 0 fully saturated rings. The van der Waals surface area contributed by atoms with Gasteiger partial charge in [0.15, 0.2) is 0 Å². The lowest BCUT2D eigenvalue weighted by atomic mass is 9.61. The van der Waals surface area contributed by atoms with Crippen molar-refractivity contribution in [3.05, 3.63) is 152 Å². The van der Waals surface area contributed by atoms with Crippen LogP contribution in [0.25, 0.3) is 23.3 Å². The van der Waals surface area contributed by atoms with Gasteiger partial charge >= 0.3 is 0 Å². The van der Waals surface area contributed by atoms with Gasteiger partial charge in [-0.15, -0.1) is 0 Å². The Kier molecular flexibility index (Phi) is 4.42. The van der Waals surface area contributed by atoms with Crippen LogP contribution < -0.4 is 4.74 Å². The van der Waals surface area contributed by atoms with E-state index < -0.39 is 5.41 Å². The fourth-order valence-electron chi connectivity index (χ4n) is 7.25. The molecule has 0 N–H and O–H groups in total. The van der Waals surface area contributed by atoms with Crippen LogP contribution in [-0.4, -0.2) is 0 Å². The Morgan fingerprint density at radius 3 is 2.11 bits per heavy atom. The summed E-state index contributed by atoms with van der Waals surface area (Å²) in [7, 11) is 0. The van der Waals surface area contributed by atoms with E-state index in [1.165, 1.54) is 55.6 Å². The lowest BCUT2D eigenvalue weighted by Crippen LogP contribution is -2.36. The highest BCUT2D eigenvalue weighted by Gasteiger charge is 2.50. The van der Waals surface area contributed by atoms with E-state index in [4.69, 9.17) is 4.74 Å². The molecule has 5 aromatic carbocycles. The SMILES string of the molecule is CC1(C)c2ccccc2-c2ccc3c(c21)Oc1ccccc1C31c2ccccc2C=Cc2cc(Br)ccc21. The van der Waals surface area contributed by atoms with Crippen LogP contribution in [0.2, 0.25) is 0 Å². The van der Waals surface area contributed by atoms with E-state index in [1.54, 1.807) is 0 Å². The molecular formula is C36H25BrO. The second-order valence-electron chi connectivity index (χ2n) is 11.0. The minimum Gasteiger partial charge on any atom is -0.456 e. The molecule has 2 aliphatic carbocycles. The molecule has 38 heavy (non-hydrogen) atoms. The van der Waals surface area contributed by atoms with Crippen LogP contribution in [-0.2, 0) is 10.8 Å². The van der Waals surface area contributed by atoms with Crippen molar-refractivity contribution in [1.82, 2.24) is 0 Å². The summed E-state index contributed by atoms with van der Waals surface area (Å²) in [5.74, 6) is 1.92. The summed E-state index contributed by atoms with van der Waals surface area (Å²) >= 11 is 3.74. The van der Waals surface area contributed by atoms with Gasteiger partial charge in [0.2, 0.25) is 0 Å². The summed E-state index contributed by atoms with van der Waals surface area (Å²) in [6, 6.07) is 37.6. The van der Waals surface area contributed by atoms with E-state index in [0.717, 1.165) is 16.0 Å². The van der Waals surface area contributed by atoms with E-state index >= 15 is 0 Å². The highest BCUT2D eigenvalue weighted by Crippen LogP contribution is 2.62. The molecule has 0 saturated heterocycles. The average molecular weight is 553 g/mol. The van der Waals surface area contributed by atoms with Gasteiger partial charge in [0, 0.05) is 26.6 Å². The van der Waals surface area contributed by atoms with Gasteiger partial charge in [-0.25, -0.2) is 0 Å². The first-order valence-electron chi connectivity index (χ1n) is 13.1. The molecule has 0 radical (unpaired) electrons. The van der Waals surface area contributed by atoms with Crippen LogP contribution in [0.3, 0.4) is 0 Å². The van der Waals surface area contributed by atoms with E-state index in [9.17, 15) is 0 Å². The molecule has 182 valence electrons. The molecule has 5 aromatic rings. The van der Waals surface area contributed by atoms with Crippen molar-refractivity contribution in [1.29, 1.82) is 0 Å². The molecular weight excluding hydrogens is 528 g/mol. The maximum atomic E-state index is 6.98. The second-order valence-corrected chi connectivity index (χ2v) is 12.0. The van der Waals surface area contributed by atoms with Gasteiger partial charge in [-0.2, -0.15) is 0 Å². The topological polar surface area (TPSA) is 9.23 Å². The third-order valence-corrected chi connectivity index (χ3v) is 9.30. The minimum atomic E-state index is -0.528. The van der Waals surface area contributed by atoms with Gasteiger partial charge in [-0.1, -0.05) is 127 Å². The molecule has 0 bridgehead atoms. The Morgan fingerprint density at radius 2 is 1.24 bits per heavy atom. The van der Waals surface area contributed by atoms with Gasteiger partial charge in [-0.05, 0) is 57.1 Å². The largest absolute Gasteiger partial charge is 0.456 e. The number of rotatable bonds is 0. The molecule has 1 nitrogen and oxygen atoms in total. The number of hydrogen-bond donors (Lipinski definition) is 0. The van der Waals surface area contributed by atoms with Crippen molar-refractivity contribution in [2.75, 3.05) is 0 Å². The van der Waals surface area contributed by atoms with Crippen molar-refractivity contribution < 1.29 is 4.74 Å². The first-order chi connectivity index (χ1) is 18.5. The molecule has 1 aliphatic heterocycles. The standard InChI is InChI=1S/C36H25BrO/c1-35(2)29-12-6-4-10-25(29)26-18-20-31-34(33(26)35)38-32-14-8-7-13-30(32)36(31)27-11-5-3-9-22(27)15-16-23-21-24(37)17-19-28(23)36/h3-21H,1-2H3. The molecule has 0 aromatic heterocycles. The maximum absolute atomic E-state index is 6.98. The predicted octanol–water partition coefficient (Wildman–Crippen LogP) is 9.73. The number of ether oxygens (including phenoxy) is 1. The van der Waals surface area contributed by atoms with Crippen LogP contribution in [0.1, 0.15) is 58.4 Å². The normalized spacial score (nSPS) is 18.8. The lowest BCUT2D eigenvalue weighted by molar-refractivity contribution is 0.421. The Labute approximate surface area is 231 Å². The van der Waals surface area contributed by atoms with Crippen molar-refractivity contribution >= 4 is 28.1 Å². The summed E-state index contributed by atoms with van der Waals surface area (Å²) in [6.07, 6.45) is 4.53. The lowest BCUT2D eigenvalue weighted by Gasteiger charge is -2.43. The van der Waals surface area contributed by atoms with Crippen molar-refractivity contribution in [2.24, 2.45) is 0 Å². The average Bonchev–Trinajstić information content (AvgIpc) is 3.08. The summed E-state index contributed by atoms with van der Waals surface area (Å²) in [5, 5.41) is 0. The zero-order valence-corrected chi connectivity index (χ0v) is 22.8. The predicted molar refractivity (Wildman–Crippen MR) is 159 cm³/mol. The van der Waals surface area contributed by atoms with Crippen molar-refractivity contribution in [2.45, 2.75) is 24.7 Å². The van der Waals surface area contributed by atoms with Crippen LogP contribution in [0.4, 0.5) is 0 Å². The smallest absolute Gasteiger partial charge is 0.136 e. The summed E-state index contributed by atoms with van der Waals surface area (Å²) < 4.78 is 8.06. The number of halogens is 1. The highest BCUT2D eigenvalue weighted by atomic mass is 79.9. The number of fused-ring (bicyclic) bond motifs is 12. The molecule has 1 unspecified atom stereocenters. The van der Waals surface area contributed by atoms with E-state index in [0.29, 0.717) is 0 Å². The van der Waals surface area contributed by atoms with Crippen LogP contribution in [0.5, 0.6) is 11.5 Å². The van der Waals surface area contributed by atoms with Gasteiger partial charge < -0.3 is 4.74 Å². The fraction of sp³-hybridized carbons (Fsp3) is 0.111. The van der Waals surface area contributed by atoms with Crippen LogP contribution in [0, 0.1) is 0 Å². The number of hydrogen-bond acceptors (Lipinski definition) is 1. The van der Waals surface area contributed by atoms with Crippen LogP contribution in [0.15, 0.2) is 108 Å². The van der Waals surface area contributed by atoms with Gasteiger partial charge in [-0.3, -0.25) is 0 Å². The second kappa shape index (κ2) is 7.58. The van der Waals surface area contributed by atoms with Crippen molar-refractivity contribution in [3.8, 4) is 22.6 Å². The molecule has 1 spiro atoms. The Bertz CT molecular complexity index is 1840. The Balaban J connectivity index is 1.58. The molecule has 0 amide bonds. The molecule has 8 rings (SSSR count). The number of para-hydroxylation sites is 1.